The Morgan fingerprint density at radius 2 is 1.95 bits per heavy atom. The molecule has 1 heterocycles. The Kier molecular flexibility index (Phi) is 7.90. The zero-order chi connectivity index (χ0) is 15.7. The number of rotatable bonds is 8. The number of guanidine groups is 1. The van der Waals surface area contributed by atoms with Crippen LogP contribution in [0.4, 0.5) is 0 Å². The Morgan fingerprint density at radius 1 is 1.24 bits per heavy atom. The summed E-state index contributed by atoms with van der Waals surface area (Å²) in [7, 11) is 0. The van der Waals surface area contributed by atoms with Crippen molar-refractivity contribution in [2.45, 2.75) is 53.2 Å². The van der Waals surface area contributed by atoms with E-state index in [9.17, 15) is 0 Å². The van der Waals surface area contributed by atoms with Crippen LogP contribution in [0.15, 0.2) is 27.8 Å². The molecule has 0 atom stereocenters. The summed E-state index contributed by atoms with van der Waals surface area (Å²) >= 11 is 0. The fraction of sp³-hybridized carbons (Fsp3) is 0.688. The normalized spacial score (nSPS) is 12.5. The third-order valence-corrected chi connectivity index (χ3v) is 3.31. The standard InChI is InChI=1S/C16H30N4O/c1-6-17-16(19-12-15-8-7-11-21-15)18-9-10-20(13(2)3)14(4)5/h7-8,11,13-14H,6,9-10,12H2,1-5H3,(H2,17,18,19). The monoisotopic (exact) mass is 294 g/mol. The van der Waals surface area contributed by atoms with Gasteiger partial charge in [-0.2, -0.15) is 0 Å². The lowest BCUT2D eigenvalue weighted by atomic mass is 10.2. The molecule has 0 aromatic carbocycles. The van der Waals surface area contributed by atoms with Crippen LogP contribution < -0.4 is 10.6 Å². The second-order valence-corrected chi connectivity index (χ2v) is 5.63. The van der Waals surface area contributed by atoms with Gasteiger partial charge in [0.2, 0.25) is 0 Å². The molecule has 0 amide bonds. The molecule has 5 heteroatoms. The quantitative estimate of drug-likeness (QED) is 0.571. The smallest absolute Gasteiger partial charge is 0.191 e. The van der Waals surface area contributed by atoms with Gasteiger partial charge in [-0.3, -0.25) is 4.90 Å². The molecule has 0 aliphatic carbocycles. The van der Waals surface area contributed by atoms with Crippen LogP contribution in [0.5, 0.6) is 0 Å². The van der Waals surface area contributed by atoms with Gasteiger partial charge in [0.15, 0.2) is 5.96 Å². The Bertz CT molecular complexity index is 390. The molecule has 0 saturated carbocycles. The summed E-state index contributed by atoms with van der Waals surface area (Å²) in [5.74, 6) is 1.71. The van der Waals surface area contributed by atoms with Gasteiger partial charge in [0.05, 0.1) is 6.26 Å². The van der Waals surface area contributed by atoms with E-state index in [1.165, 1.54) is 0 Å². The first-order chi connectivity index (χ1) is 10.0. The van der Waals surface area contributed by atoms with Gasteiger partial charge in [0.1, 0.15) is 12.3 Å². The van der Waals surface area contributed by atoms with E-state index in [4.69, 9.17) is 4.42 Å². The zero-order valence-corrected chi connectivity index (χ0v) is 14.0. The van der Waals surface area contributed by atoms with Crippen LogP contribution in [0.25, 0.3) is 0 Å². The third-order valence-electron chi connectivity index (χ3n) is 3.31. The number of nitrogens with one attached hydrogen (secondary N) is 2. The number of hydrogen-bond donors (Lipinski definition) is 2. The summed E-state index contributed by atoms with van der Waals surface area (Å²) in [6.45, 7) is 14.3. The van der Waals surface area contributed by atoms with Gasteiger partial charge in [-0.1, -0.05) is 0 Å². The Hall–Kier alpha value is -1.49. The highest BCUT2D eigenvalue weighted by Gasteiger charge is 2.12. The van der Waals surface area contributed by atoms with Crippen molar-refractivity contribution in [1.29, 1.82) is 0 Å². The van der Waals surface area contributed by atoms with E-state index in [1.807, 2.05) is 12.1 Å². The van der Waals surface area contributed by atoms with Crippen molar-refractivity contribution < 1.29 is 4.42 Å². The van der Waals surface area contributed by atoms with Crippen molar-refractivity contribution >= 4 is 5.96 Å². The molecule has 1 aromatic rings. The molecule has 2 N–H and O–H groups in total. The molecule has 1 rings (SSSR count). The van der Waals surface area contributed by atoms with E-state index < -0.39 is 0 Å². The topological polar surface area (TPSA) is 52.8 Å². The first kappa shape index (κ1) is 17.6. The molecule has 0 bridgehead atoms. The number of hydrogen-bond acceptors (Lipinski definition) is 3. The zero-order valence-electron chi connectivity index (χ0n) is 14.0. The fourth-order valence-electron chi connectivity index (χ4n) is 2.32. The lowest BCUT2D eigenvalue weighted by Gasteiger charge is -2.30. The minimum Gasteiger partial charge on any atom is -0.467 e. The molecule has 21 heavy (non-hydrogen) atoms. The summed E-state index contributed by atoms with van der Waals surface area (Å²) in [6.07, 6.45) is 1.67. The summed E-state index contributed by atoms with van der Waals surface area (Å²) in [6, 6.07) is 4.92. The molecular weight excluding hydrogens is 264 g/mol. The van der Waals surface area contributed by atoms with E-state index in [2.05, 4.69) is 55.1 Å². The van der Waals surface area contributed by atoms with Crippen LogP contribution >= 0.6 is 0 Å². The van der Waals surface area contributed by atoms with Gasteiger partial charge >= 0.3 is 0 Å². The minimum atomic E-state index is 0.550. The molecule has 0 radical (unpaired) electrons. The maximum absolute atomic E-state index is 5.30. The van der Waals surface area contributed by atoms with Crippen molar-refractivity contribution in [3.8, 4) is 0 Å². The summed E-state index contributed by atoms with van der Waals surface area (Å²) in [4.78, 5) is 6.99. The van der Waals surface area contributed by atoms with Gasteiger partial charge in [0.25, 0.3) is 0 Å². The van der Waals surface area contributed by atoms with E-state index >= 15 is 0 Å². The second kappa shape index (κ2) is 9.45. The lowest BCUT2D eigenvalue weighted by Crippen LogP contribution is -2.45. The molecule has 0 unspecified atom stereocenters. The number of nitrogens with zero attached hydrogens (tertiary/aromatic N) is 2. The average Bonchev–Trinajstić information content (AvgIpc) is 2.93. The molecule has 0 saturated heterocycles. The van der Waals surface area contributed by atoms with Crippen LogP contribution in [0.3, 0.4) is 0 Å². The first-order valence-corrected chi connectivity index (χ1v) is 7.84. The maximum Gasteiger partial charge on any atom is 0.191 e. The van der Waals surface area contributed by atoms with Crippen molar-refractivity contribution in [3.05, 3.63) is 24.2 Å². The summed E-state index contributed by atoms with van der Waals surface area (Å²) in [5.41, 5.74) is 0. The predicted molar refractivity (Wildman–Crippen MR) is 88.5 cm³/mol. The van der Waals surface area contributed by atoms with Crippen molar-refractivity contribution in [1.82, 2.24) is 15.5 Å². The largest absolute Gasteiger partial charge is 0.467 e. The van der Waals surface area contributed by atoms with Crippen LogP contribution in [0, 0.1) is 0 Å². The van der Waals surface area contributed by atoms with Crippen molar-refractivity contribution in [2.24, 2.45) is 4.99 Å². The number of aliphatic imine (C=N–C) groups is 1. The van der Waals surface area contributed by atoms with E-state index in [0.717, 1.165) is 31.4 Å². The van der Waals surface area contributed by atoms with Crippen LogP contribution in [0.2, 0.25) is 0 Å². The average molecular weight is 294 g/mol. The maximum atomic E-state index is 5.30. The van der Waals surface area contributed by atoms with E-state index in [0.29, 0.717) is 18.6 Å². The molecule has 0 spiro atoms. The molecule has 120 valence electrons. The highest BCUT2D eigenvalue weighted by Crippen LogP contribution is 2.03. The predicted octanol–water partition coefficient (Wildman–Crippen LogP) is 2.45. The van der Waals surface area contributed by atoms with Crippen LogP contribution in [-0.2, 0) is 6.54 Å². The molecule has 0 aliphatic heterocycles. The van der Waals surface area contributed by atoms with Crippen molar-refractivity contribution in [3.63, 3.8) is 0 Å². The minimum absolute atomic E-state index is 0.550. The Labute approximate surface area is 128 Å². The Morgan fingerprint density at radius 3 is 2.48 bits per heavy atom. The number of furan rings is 1. The van der Waals surface area contributed by atoms with Crippen molar-refractivity contribution in [2.75, 3.05) is 19.6 Å². The van der Waals surface area contributed by atoms with E-state index in [-0.39, 0.29) is 0 Å². The molecule has 0 fully saturated rings. The lowest BCUT2D eigenvalue weighted by molar-refractivity contribution is 0.178. The molecular formula is C16H30N4O. The van der Waals surface area contributed by atoms with Gasteiger partial charge in [-0.05, 0) is 46.8 Å². The molecule has 5 nitrogen and oxygen atoms in total. The summed E-state index contributed by atoms with van der Waals surface area (Å²) in [5, 5.41) is 6.63. The second-order valence-electron chi connectivity index (χ2n) is 5.63. The first-order valence-electron chi connectivity index (χ1n) is 7.84. The highest BCUT2D eigenvalue weighted by molar-refractivity contribution is 5.79. The third kappa shape index (κ3) is 6.67. The molecule has 0 aliphatic rings. The summed E-state index contributed by atoms with van der Waals surface area (Å²) < 4.78 is 5.30. The molecule has 1 aromatic heterocycles. The fourth-order valence-corrected chi connectivity index (χ4v) is 2.32. The SMILES string of the molecule is CCNC(=NCc1ccco1)NCCN(C(C)C)C(C)C. The van der Waals surface area contributed by atoms with Gasteiger partial charge in [-0.15, -0.1) is 0 Å². The van der Waals surface area contributed by atoms with Gasteiger partial charge in [-0.25, -0.2) is 4.99 Å². The Balaban J connectivity index is 2.45. The van der Waals surface area contributed by atoms with Gasteiger partial charge in [0, 0.05) is 31.7 Å². The van der Waals surface area contributed by atoms with Gasteiger partial charge < -0.3 is 15.1 Å². The highest BCUT2D eigenvalue weighted by atomic mass is 16.3. The van der Waals surface area contributed by atoms with E-state index in [1.54, 1.807) is 6.26 Å². The van der Waals surface area contributed by atoms with Crippen LogP contribution in [-0.4, -0.2) is 42.6 Å². The van der Waals surface area contributed by atoms with Crippen LogP contribution in [0.1, 0.15) is 40.4 Å².